The topological polar surface area (TPSA) is 0 Å². The zero-order valence-corrected chi connectivity index (χ0v) is 11.6. The van der Waals surface area contributed by atoms with E-state index in [1.54, 1.807) is 12.1 Å². The van der Waals surface area contributed by atoms with Gasteiger partial charge < -0.3 is 0 Å². The van der Waals surface area contributed by atoms with Crippen molar-refractivity contribution in [2.24, 2.45) is 0 Å². The van der Waals surface area contributed by atoms with Crippen molar-refractivity contribution in [3.63, 3.8) is 0 Å². The van der Waals surface area contributed by atoms with Gasteiger partial charge in [0.1, 0.15) is 5.82 Å². The minimum absolute atomic E-state index is 0.160. The number of unbranched alkanes of at least 4 members (excludes halogenated alkanes) is 5. The predicted molar refractivity (Wildman–Crippen MR) is 74.8 cm³/mol. The molecule has 0 bridgehead atoms. The van der Waals surface area contributed by atoms with Crippen LogP contribution in [0.4, 0.5) is 4.39 Å². The van der Waals surface area contributed by atoms with Gasteiger partial charge in [-0.25, -0.2) is 4.39 Å². The molecule has 0 heterocycles. The lowest BCUT2D eigenvalue weighted by Gasteiger charge is -1.93. The molecule has 0 fully saturated rings. The van der Waals surface area contributed by atoms with Crippen molar-refractivity contribution in [3.05, 3.63) is 35.6 Å². The van der Waals surface area contributed by atoms with Crippen LogP contribution >= 0.6 is 0 Å². The quantitative estimate of drug-likeness (QED) is 0.553. The Morgan fingerprint density at radius 1 is 0.765 bits per heavy atom. The second-order valence-corrected chi connectivity index (χ2v) is 4.39. The molecule has 0 aliphatic carbocycles. The number of halogens is 1. The number of aryl methyl sites for hydroxylation is 1. The zero-order chi connectivity index (χ0) is 12.9. The lowest BCUT2D eigenvalue weighted by Crippen LogP contribution is -1.78. The van der Waals surface area contributed by atoms with Crippen molar-refractivity contribution in [2.45, 2.75) is 65.7 Å². The standard InChI is InChI=1S/C8H9F.C8H18/c1-2-7-3-5-8(9)6-4-7;1-3-5-7-8-6-4-2/h3-6H,2H2,1H3;3-8H2,1-2H3. The largest absolute Gasteiger partial charge is 0.207 e. The normalized spacial score (nSPS) is 9.65. The Labute approximate surface area is 106 Å². The maximum atomic E-state index is 12.2. The van der Waals surface area contributed by atoms with E-state index in [2.05, 4.69) is 13.8 Å². The number of benzene rings is 1. The van der Waals surface area contributed by atoms with Gasteiger partial charge in [-0.3, -0.25) is 0 Å². The first kappa shape index (κ1) is 16.1. The highest BCUT2D eigenvalue weighted by Crippen LogP contribution is 2.03. The van der Waals surface area contributed by atoms with E-state index in [9.17, 15) is 4.39 Å². The Kier molecular flexibility index (Phi) is 11.0. The van der Waals surface area contributed by atoms with E-state index in [1.807, 2.05) is 6.92 Å². The lowest BCUT2D eigenvalue weighted by atomic mass is 10.1. The molecule has 0 saturated carbocycles. The van der Waals surface area contributed by atoms with Crippen molar-refractivity contribution in [1.29, 1.82) is 0 Å². The minimum Gasteiger partial charge on any atom is -0.207 e. The number of rotatable bonds is 6. The Morgan fingerprint density at radius 2 is 1.24 bits per heavy atom. The molecule has 0 aliphatic rings. The Hall–Kier alpha value is -0.850. The van der Waals surface area contributed by atoms with E-state index in [0.29, 0.717) is 0 Å². The van der Waals surface area contributed by atoms with E-state index >= 15 is 0 Å². The summed E-state index contributed by atoms with van der Waals surface area (Å²) in [5.41, 5.74) is 1.18. The van der Waals surface area contributed by atoms with Gasteiger partial charge in [-0.15, -0.1) is 0 Å². The van der Waals surface area contributed by atoms with Crippen LogP contribution in [0.3, 0.4) is 0 Å². The molecule has 0 saturated heterocycles. The zero-order valence-electron chi connectivity index (χ0n) is 11.6. The Morgan fingerprint density at radius 3 is 1.59 bits per heavy atom. The molecule has 1 aromatic rings. The van der Waals surface area contributed by atoms with Gasteiger partial charge in [0.05, 0.1) is 0 Å². The summed E-state index contributed by atoms with van der Waals surface area (Å²) < 4.78 is 12.2. The molecule has 0 unspecified atom stereocenters. The summed E-state index contributed by atoms with van der Waals surface area (Å²) in [5.74, 6) is -0.160. The first-order valence-electron chi connectivity index (χ1n) is 6.99. The van der Waals surface area contributed by atoms with Crippen LogP contribution in [0.15, 0.2) is 24.3 Å². The monoisotopic (exact) mass is 238 g/mol. The van der Waals surface area contributed by atoms with E-state index in [-0.39, 0.29) is 5.82 Å². The van der Waals surface area contributed by atoms with Crippen LogP contribution in [-0.2, 0) is 6.42 Å². The lowest BCUT2D eigenvalue weighted by molar-refractivity contribution is 0.624. The highest BCUT2D eigenvalue weighted by Gasteiger charge is 1.87. The molecule has 98 valence electrons. The molecule has 1 aromatic carbocycles. The first-order valence-corrected chi connectivity index (χ1v) is 6.99. The van der Waals surface area contributed by atoms with Gasteiger partial charge in [-0.1, -0.05) is 71.4 Å². The molecule has 0 spiro atoms. The summed E-state index contributed by atoms with van der Waals surface area (Å²) >= 11 is 0. The van der Waals surface area contributed by atoms with Crippen LogP contribution < -0.4 is 0 Å². The van der Waals surface area contributed by atoms with Crippen molar-refractivity contribution in [1.82, 2.24) is 0 Å². The van der Waals surface area contributed by atoms with Crippen LogP contribution in [-0.4, -0.2) is 0 Å². The third-order valence-electron chi connectivity index (χ3n) is 2.78. The minimum atomic E-state index is -0.160. The average molecular weight is 238 g/mol. The highest BCUT2D eigenvalue weighted by atomic mass is 19.1. The van der Waals surface area contributed by atoms with Gasteiger partial charge in [0.2, 0.25) is 0 Å². The van der Waals surface area contributed by atoms with E-state index < -0.39 is 0 Å². The molecule has 0 atom stereocenters. The molecular formula is C16H27F. The van der Waals surface area contributed by atoms with E-state index in [0.717, 1.165) is 6.42 Å². The molecular weight excluding hydrogens is 211 g/mol. The summed E-state index contributed by atoms with van der Waals surface area (Å²) in [5, 5.41) is 0. The Balaban J connectivity index is 0.000000304. The van der Waals surface area contributed by atoms with Gasteiger partial charge in [-0.2, -0.15) is 0 Å². The SMILES string of the molecule is CCCCCCCC.CCc1ccc(F)cc1. The van der Waals surface area contributed by atoms with Crippen LogP contribution in [0.2, 0.25) is 0 Å². The van der Waals surface area contributed by atoms with Gasteiger partial charge in [0.25, 0.3) is 0 Å². The fourth-order valence-corrected chi connectivity index (χ4v) is 1.57. The third-order valence-corrected chi connectivity index (χ3v) is 2.78. The molecule has 0 amide bonds. The van der Waals surface area contributed by atoms with E-state index in [1.165, 1.54) is 56.2 Å². The van der Waals surface area contributed by atoms with E-state index in [4.69, 9.17) is 0 Å². The molecule has 0 radical (unpaired) electrons. The molecule has 0 N–H and O–H groups in total. The van der Waals surface area contributed by atoms with Crippen molar-refractivity contribution >= 4 is 0 Å². The second-order valence-electron chi connectivity index (χ2n) is 4.39. The average Bonchev–Trinajstić information content (AvgIpc) is 2.37. The maximum Gasteiger partial charge on any atom is 0.123 e. The van der Waals surface area contributed by atoms with Gasteiger partial charge in [-0.05, 0) is 24.1 Å². The first-order chi connectivity index (χ1) is 8.24. The molecule has 1 rings (SSSR count). The van der Waals surface area contributed by atoms with Crippen LogP contribution in [0.1, 0.15) is 64.9 Å². The summed E-state index contributed by atoms with van der Waals surface area (Å²) in [6.07, 6.45) is 9.46. The van der Waals surface area contributed by atoms with Crippen LogP contribution in [0.25, 0.3) is 0 Å². The number of hydrogen-bond donors (Lipinski definition) is 0. The van der Waals surface area contributed by atoms with Crippen molar-refractivity contribution in [2.75, 3.05) is 0 Å². The molecule has 0 nitrogen and oxygen atoms in total. The summed E-state index contributed by atoms with van der Waals surface area (Å²) in [6.45, 7) is 6.56. The Bertz CT molecular complexity index is 245. The number of hydrogen-bond acceptors (Lipinski definition) is 0. The predicted octanol–water partition coefficient (Wildman–Crippen LogP) is 5.75. The highest BCUT2D eigenvalue weighted by molar-refractivity contribution is 5.15. The van der Waals surface area contributed by atoms with Gasteiger partial charge in [0, 0.05) is 0 Å². The maximum absolute atomic E-state index is 12.2. The summed E-state index contributed by atoms with van der Waals surface area (Å²) in [7, 11) is 0. The fraction of sp³-hybridized carbons (Fsp3) is 0.625. The van der Waals surface area contributed by atoms with Crippen molar-refractivity contribution < 1.29 is 4.39 Å². The smallest absolute Gasteiger partial charge is 0.123 e. The molecule has 17 heavy (non-hydrogen) atoms. The second kappa shape index (κ2) is 11.6. The summed E-state index contributed by atoms with van der Waals surface area (Å²) in [4.78, 5) is 0. The fourth-order valence-electron chi connectivity index (χ4n) is 1.57. The third kappa shape index (κ3) is 10.0. The molecule has 0 aliphatic heterocycles. The van der Waals surface area contributed by atoms with Crippen LogP contribution in [0, 0.1) is 5.82 Å². The summed E-state index contributed by atoms with van der Waals surface area (Å²) in [6, 6.07) is 6.57. The molecule has 1 heteroatoms. The van der Waals surface area contributed by atoms with Gasteiger partial charge in [0.15, 0.2) is 0 Å². The van der Waals surface area contributed by atoms with Crippen LogP contribution in [0.5, 0.6) is 0 Å². The van der Waals surface area contributed by atoms with Crippen molar-refractivity contribution in [3.8, 4) is 0 Å². The molecule has 0 aromatic heterocycles. The van der Waals surface area contributed by atoms with Gasteiger partial charge >= 0.3 is 0 Å².